The molecule has 5 rings (SSSR count). The van der Waals surface area contributed by atoms with E-state index >= 15 is 0 Å². The number of ether oxygens (including phenoxy) is 4. The molecule has 4 aromatic carbocycles. The first kappa shape index (κ1) is 28.5. The van der Waals surface area contributed by atoms with Crippen molar-refractivity contribution in [1.82, 2.24) is 5.43 Å². The summed E-state index contributed by atoms with van der Waals surface area (Å²) >= 11 is 12.0. The predicted molar refractivity (Wildman–Crippen MR) is 156 cm³/mol. The summed E-state index contributed by atoms with van der Waals surface area (Å²) in [6, 6.07) is 20.4. The van der Waals surface area contributed by atoms with Crippen LogP contribution in [0, 0.1) is 0 Å². The predicted octanol–water partition coefficient (Wildman–Crippen LogP) is 5.97. The lowest BCUT2D eigenvalue weighted by Gasteiger charge is -2.10. The fourth-order valence-corrected chi connectivity index (χ4v) is 4.35. The van der Waals surface area contributed by atoms with Gasteiger partial charge in [0.15, 0.2) is 23.0 Å². The number of anilines is 1. The summed E-state index contributed by atoms with van der Waals surface area (Å²) in [5.41, 5.74) is 4.22. The van der Waals surface area contributed by atoms with Gasteiger partial charge in [-0.2, -0.15) is 5.10 Å². The summed E-state index contributed by atoms with van der Waals surface area (Å²) in [6.45, 7) is 0.106. The number of esters is 1. The third-order valence-corrected chi connectivity index (χ3v) is 6.49. The van der Waals surface area contributed by atoms with Gasteiger partial charge in [0.25, 0.3) is 11.8 Å². The van der Waals surface area contributed by atoms with E-state index in [0.29, 0.717) is 33.3 Å². The number of halogens is 2. The van der Waals surface area contributed by atoms with E-state index < -0.39 is 11.9 Å². The molecule has 0 unspecified atom stereocenters. The first-order valence-electron chi connectivity index (χ1n) is 12.3. The molecule has 0 aliphatic carbocycles. The topological polar surface area (TPSA) is 125 Å². The van der Waals surface area contributed by atoms with Crippen molar-refractivity contribution in [3.8, 4) is 23.0 Å². The minimum absolute atomic E-state index is 0.106. The maximum Gasteiger partial charge on any atom is 0.345 e. The van der Waals surface area contributed by atoms with E-state index in [1.807, 2.05) is 0 Å². The number of benzene rings is 4. The van der Waals surface area contributed by atoms with Gasteiger partial charge in [0, 0.05) is 21.8 Å². The molecule has 4 aromatic rings. The van der Waals surface area contributed by atoms with Gasteiger partial charge in [-0.1, -0.05) is 29.3 Å². The van der Waals surface area contributed by atoms with Crippen molar-refractivity contribution < 1.29 is 33.3 Å². The van der Waals surface area contributed by atoms with Crippen LogP contribution in [0.1, 0.15) is 36.6 Å². The van der Waals surface area contributed by atoms with Crippen LogP contribution in [0.25, 0.3) is 0 Å². The van der Waals surface area contributed by atoms with Gasteiger partial charge in [-0.25, -0.2) is 10.2 Å². The Bertz CT molecular complexity index is 1730. The summed E-state index contributed by atoms with van der Waals surface area (Å²) in [7, 11) is 1.42. The van der Waals surface area contributed by atoms with E-state index in [2.05, 4.69) is 15.8 Å². The van der Waals surface area contributed by atoms with Gasteiger partial charge in [0.05, 0.1) is 23.9 Å². The Labute approximate surface area is 249 Å². The lowest BCUT2D eigenvalue weighted by atomic mass is 10.1. The number of carbonyl (C=O) groups excluding carboxylic acids is 3. The van der Waals surface area contributed by atoms with Gasteiger partial charge in [0.2, 0.25) is 6.79 Å². The molecule has 10 nitrogen and oxygen atoms in total. The summed E-state index contributed by atoms with van der Waals surface area (Å²) in [4.78, 5) is 37.9. The van der Waals surface area contributed by atoms with Gasteiger partial charge >= 0.3 is 5.97 Å². The quantitative estimate of drug-likeness (QED) is 0.110. The molecule has 0 saturated heterocycles. The molecule has 2 amide bonds. The van der Waals surface area contributed by atoms with Crippen LogP contribution < -0.4 is 29.7 Å². The van der Waals surface area contributed by atoms with E-state index in [-0.39, 0.29) is 40.3 Å². The molecule has 0 spiro atoms. The average molecular weight is 606 g/mol. The number of rotatable bonds is 8. The molecular weight excluding hydrogens is 585 g/mol. The van der Waals surface area contributed by atoms with E-state index in [0.717, 1.165) is 0 Å². The third kappa shape index (κ3) is 6.63. The van der Waals surface area contributed by atoms with Crippen molar-refractivity contribution in [2.45, 2.75) is 0 Å². The number of nitrogens with zero attached hydrogens (tertiary/aromatic N) is 1. The Kier molecular flexibility index (Phi) is 8.56. The van der Waals surface area contributed by atoms with Crippen molar-refractivity contribution >= 4 is 52.9 Å². The number of methoxy groups -OCH3 is 1. The number of fused-ring (bicyclic) bond motifs is 1. The van der Waals surface area contributed by atoms with Crippen molar-refractivity contribution in [2.24, 2.45) is 5.10 Å². The fraction of sp³-hybridized carbons (Fsp3) is 0.0667. The lowest BCUT2D eigenvalue weighted by molar-refractivity contribution is 0.0729. The molecule has 0 aromatic heterocycles. The highest BCUT2D eigenvalue weighted by Gasteiger charge is 2.18. The molecule has 1 aliphatic rings. The Morgan fingerprint density at radius 1 is 0.857 bits per heavy atom. The summed E-state index contributed by atoms with van der Waals surface area (Å²) in [6.07, 6.45) is 1.40. The smallest absolute Gasteiger partial charge is 0.345 e. The largest absolute Gasteiger partial charge is 0.493 e. The summed E-state index contributed by atoms with van der Waals surface area (Å²) in [5.74, 6) is -0.0687. The zero-order valence-electron chi connectivity index (χ0n) is 21.9. The maximum atomic E-state index is 12.7. The summed E-state index contributed by atoms with van der Waals surface area (Å²) < 4.78 is 21.4. The number of hydrogen-bond donors (Lipinski definition) is 2. The van der Waals surface area contributed by atoms with Crippen LogP contribution in [0.15, 0.2) is 84.0 Å². The number of carbonyl (C=O) groups is 3. The third-order valence-electron chi connectivity index (χ3n) is 5.94. The van der Waals surface area contributed by atoms with Gasteiger partial charge < -0.3 is 24.3 Å². The Morgan fingerprint density at radius 3 is 2.48 bits per heavy atom. The molecule has 12 heteroatoms. The summed E-state index contributed by atoms with van der Waals surface area (Å²) in [5, 5.41) is 7.30. The monoisotopic (exact) mass is 605 g/mol. The van der Waals surface area contributed by atoms with Crippen molar-refractivity contribution in [1.29, 1.82) is 0 Å². The zero-order valence-corrected chi connectivity index (χ0v) is 23.4. The van der Waals surface area contributed by atoms with E-state index in [9.17, 15) is 14.4 Å². The van der Waals surface area contributed by atoms with Crippen LogP contribution in [0.2, 0.25) is 10.0 Å². The van der Waals surface area contributed by atoms with Crippen LogP contribution in [-0.2, 0) is 0 Å². The van der Waals surface area contributed by atoms with Crippen LogP contribution in [0.4, 0.5) is 5.69 Å². The van der Waals surface area contributed by atoms with Gasteiger partial charge in [-0.3, -0.25) is 9.59 Å². The fourth-order valence-electron chi connectivity index (χ4n) is 3.87. The highest BCUT2D eigenvalue weighted by atomic mass is 35.5. The van der Waals surface area contributed by atoms with Crippen molar-refractivity contribution in [2.75, 3.05) is 19.2 Å². The molecule has 0 saturated carbocycles. The molecule has 0 bridgehead atoms. The number of hydrogen-bond acceptors (Lipinski definition) is 8. The van der Waals surface area contributed by atoms with E-state index in [1.165, 1.54) is 43.7 Å². The highest BCUT2D eigenvalue weighted by molar-refractivity contribution is 6.36. The molecule has 1 heterocycles. The molecule has 0 fully saturated rings. The second-order valence-electron chi connectivity index (χ2n) is 8.73. The SMILES string of the molecule is COc1cc(C=NNC(=O)c2cccc(NC(=O)c3ccc4c(c3)OCO4)c2)ccc1OC(=O)c1ccc(Cl)cc1Cl. The normalized spacial score (nSPS) is 11.7. The Morgan fingerprint density at radius 2 is 1.67 bits per heavy atom. The first-order valence-corrected chi connectivity index (χ1v) is 13.1. The van der Waals surface area contributed by atoms with Crippen molar-refractivity contribution in [3.63, 3.8) is 0 Å². The van der Waals surface area contributed by atoms with Gasteiger partial charge in [-0.15, -0.1) is 0 Å². The standard InChI is InChI=1S/C30H21Cl2N3O7/c1-39-26-11-17(5-9-25(26)42-30(38)22-8-7-20(31)14-23(22)32)15-33-35-29(37)18-3-2-4-21(12-18)34-28(36)19-6-10-24-27(13-19)41-16-40-24/h2-15H,16H2,1H3,(H,34,36)(H,35,37). The highest BCUT2D eigenvalue weighted by Crippen LogP contribution is 2.33. The Hall–Kier alpha value is -5.06. The maximum absolute atomic E-state index is 12.7. The first-order chi connectivity index (χ1) is 20.3. The molecule has 2 N–H and O–H groups in total. The average Bonchev–Trinajstić information content (AvgIpc) is 3.46. The second-order valence-corrected chi connectivity index (χ2v) is 9.57. The lowest BCUT2D eigenvalue weighted by Crippen LogP contribution is -2.18. The van der Waals surface area contributed by atoms with Crippen molar-refractivity contribution in [3.05, 3.63) is 111 Å². The number of nitrogens with one attached hydrogen (secondary N) is 2. The van der Waals surface area contributed by atoms with E-state index in [1.54, 1.807) is 48.5 Å². The van der Waals surface area contributed by atoms with Crippen LogP contribution in [0.3, 0.4) is 0 Å². The van der Waals surface area contributed by atoms with Crippen LogP contribution in [-0.4, -0.2) is 37.9 Å². The molecule has 212 valence electrons. The molecule has 42 heavy (non-hydrogen) atoms. The number of amides is 2. The molecule has 0 atom stereocenters. The van der Waals surface area contributed by atoms with Gasteiger partial charge in [-0.05, 0) is 78.4 Å². The number of hydrazone groups is 1. The van der Waals surface area contributed by atoms with E-state index in [4.69, 9.17) is 42.1 Å². The Balaban J connectivity index is 1.20. The minimum atomic E-state index is -0.682. The molecule has 0 radical (unpaired) electrons. The van der Waals surface area contributed by atoms with Gasteiger partial charge in [0.1, 0.15) is 0 Å². The zero-order chi connectivity index (χ0) is 29.6. The molecular formula is C30H21Cl2N3O7. The van der Waals surface area contributed by atoms with Crippen LogP contribution >= 0.6 is 23.2 Å². The molecule has 1 aliphatic heterocycles. The minimum Gasteiger partial charge on any atom is -0.493 e. The second kappa shape index (κ2) is 12.6. The van der Waals surface area contributed by atoms with Crippen LogP contribution in [0.5, 0.6) is 23.0 Å².